The maximum atomic E-state index is 11.2. The first-order valence-electron chi connectivity index (χ1n) is 4.13. The standard InChI is InChI=1S/C7H14N3O2P/c1-2-13(11,12)6-5-10-4-3-7(8)9-10/h3-4H,2,5-6H2,1H3,(H2,8,9)(H,11,12). The molecule has 3 N–H and O–H groups in total. The Labute approximate surface area is 77.0 Å². The number of rotatable bonds is 4. The first kappa shape index (κ1) is 10.3. The molecule has 1 aromatic heterocycles. The zero-order valence-corrected chi connectivity index (χ0v) is 8.44. The van der Waals surface area contributed by atoms with Crippen LogP contribution in [0.2, 0.25) is 0 Å². The fraction of sp³-hybridized carbons (Fsp3) is 0.571. The van der Waals surface area contributed by atoms with Crippen LogP contribution in [0.5, 0.6) is 0 Å². The highest BCUT2D eigenvalue weighted by atomic mass is 31.2. The minimum atomic E-state index is -2.93. The zero-order valence-electron chi connectivity index (χ0n) is 7.55. The van der Waals surface area contributed by atoms with Crippen molar-refractivity contribution in [1.82, 2.24) is 9.78 Å². The molecule has 0 spiro atoms. The molecule has 0 aliphatic heterocycles. The average Bonchev–Trinajstić information content (AvgIpc) is 2.48. The smallest absolute Gasteiger partial charge is 0.202 e. The molecule has 1 rings (SSSR count). The highest BCUT2D eigenvalue weighted by Gasteiger charge is 2.14. The SMILES string of the molecule is CCP(=O)(O)CCn1ccc(N)n1. The quantitative estimate of drug-likeness (QED) is 0.707. The average molecular weight is 203 g/mol. The second-order valence-electron chi connectivity index (χ2n) is 2.89. The van der Waals surface area contributed by atoms with Crippen molar-refractivity contribution in [3.63, 3.8) is 0 Å². The molecule has 1 unspecified atom stereocenters. The third-order valence-electron chi connectivity index (χ3n) is 1.83. The van der Waals surface area contributed by atoms with Crippen LogP contribution in [0, 0.1) is 0 Å². The summed E-state index contributed by atoms with van der Waals surface area (Å²) in [6.07, 6.45) is 2.26. The predicted octanol–water partition coefficient (Wildman–Crippen LogP) is 0.756. The molecule has 0 saturated carbocycles. The molecule has 0 fully saturated rings. The second-order valence-corrected chi connectivity index (χ2v) is 5.66. The van der Waals surface area contributed by atoms with Crippen molar-refractivity contribution >= 4 is 13.2 Å². The third-order valence-corrected chi connectivity index (χ3v) is 3.72. The Morgan fingerprint density at radius 2 is 2.46 bits per heavy atom. The summed E-state index contributed by atoms with van der Waals surface area (Å²) in [5.41, 5.74) is 5.39. The van der Waals surface area contributed by atoms with Gasteiger partial charge in [-0.25, -0.2) is 0 Å². The summed E-state index contributed by atoms with van der Waals surface area (Å²) in [6.45, 7) is 2.15. The zero-order chi connectivity index (χ0) is 9.90. The largest absolute Gasteiger partial charge is 0.382 e. The molecule has 1 aromatic rings. The molecule has 0 saturated heterocycles. The van der Waals surface area contributed by atoms with Crippen molar-refractivity contribution < 1.29 is 9.46 Å². The van der Waals surface area contributed by atoms with Gasteiger partial charge in [-0.15, -0.1) is 0 Å². The maximum absolute atomic E-state index is 11.2. The third kappa shape index (κ3) is 3.20. The van der Waals surface area contributed by atoms with E-state index < -0.39 is 7.37 Å². The van der Waals surface area contributed by atoms with Crippen LogP contribution in [0.25, 0.3) is 0 Å². The number of anilines is 1. The van der Waals surface area contributed by atoms with Gasteiger partial charge >= 0.3 is 0 Å². The van der Waals surface area contributed by atoms with Gasteiger partial charge in [-0.1, -0.05) is 6.92 Å². The van der Waals surface area contributed by atoms with Crippen molar-refractivity contribution in [2.45, 2.75) is 13.5 Å². The van der Waals surface area contributed by atoms with E-state index in [1.54, 1.807) is 23.9 Å². The predicted molar refractivity (Wildman–Crippen MR) is 51.9 cm³/mol. The number of nitrogen functional groups attached to an aromatic ring is 1. The first-order valence-corrected chi connectivity index (χ1v) is 6.16. The number of nitrogens with zero attached hydrogens (tertiary/aromatic N) is 2. The number of aryl methyl sites for hydroxylation is 1. The van der Waals surface area contributed by atoms with Gasteiger partial charge in [0.2, 0.25) is 7.37 Å². The van der Waals surface area contributed by atoms with Crippen LogP contribution in [-0.2, 0) is 11.1 Å². The molecular formula is C7H14N3O2P. The summed E-state index contributed by atoms with van der Waals surface area (Å²) < 4.78 is 12.8. The van der Waals surface area contributed by atoms with E-state index in [-0.39, 0.29) is 6.16 Å². The molecule has 0 amide bonds. The van der Waals surface area contributed by atoms with Crippen molar-refractivity contribution in [2.75, 3.05) is 18.1 Å². The summed E-state index contributed by atoms with van der Waals surface area (Å²) in [4.78, 5) is 9.27. The van der Waals surface area contributed by atoms with E-state index in [0.29, 0.717) is 18.5 Å². The van der Waals surface area contributed by atoms with Gasteiger partial charge in [-0.2, -0.15) is 5.10 Å². The molecule has 0 aromatic carbocycles. The molecule has 13 heavy (non-hydrogen) atoms. The van der Waals surface area contributed by atoms with Crippen molar-refractivity contribution in [3.8, 4) is 0 Å². The first-order chi connectivity index (χ1) is 6.03. The molecule has 6 heteroatoms. The van der Waals surface area contributed by atoms with E-state index >= 15 is 0 Å². The summed E-state index contributed by atoms with van der Waals surface area (Å²) in [5, 5.41) is 3.91. The fourth-order valence-electron chi connectivity index (χ4n) is 0.919. The molecule has 0 aliphatic carbocycles. The van der Waals surface area contributed by atoms with Crippen LogP contribution in [0.15, 0.2) is 12.3 Å². The van der Waals surface area contributed by atoms with Crippen LogP contribution < -0.4 is 5.73 Å². The highest BCUT2D eigenvalue weighted by Crippen LogP contribution is 2.39. The van der Waals surface area contributed by atoms with E-state index in [9.17, 15) is 9.46 Å². The molecule has 5 nitrogen and oxygen atoms in total. The van der Waals surface area contributed by atoms with Crippen molar-refractivity contribution in [3.05, 3.63) is 12.3 Å². The minimum Gasteiger partial charge on any atom is -0.382 e. The van der Waals surface area contributed by atoms with E-state index in [0.717, 1.165) is 0 Å². The Kier molecular flexibility index (Phi) is 3.12. The lowest BCUT2D eigenvalue weighted by Crippen LogP contribution is -2.05. The van der Waals surface area contributed by atoms with Gasteiger partial charge in [-0.3, -0.25) is 9.25 Å². The van der Waals surface area contributed by atoms with E-state index in [4.69, 9.17) is 5.73 Å². The summed E-state index contributed by atoms with van der Waals surface area (Å²) >= 11 is 0. The Bertz CT molecular complexity index is 323. The number of hydrogen-bond donors (Lipinski definition) is 2. The van der Waals surface area contributed by atoms with Gasteiger partial charge in [0.25, 0.3) is 0 Å². The van der Waals surface area contributed by atoms with Crippen molar-refractivity contribution in [2.24, 2.45) is 0 Å². The van der Waals surface area contributed by atoms with Gasteiger partial charge in [-0.05, 0) is 6.07 Å². The Hall–Kier alpha value is -0.800. The van der Waals surface area contributed by atoms with Crippen LogP contribution in [0.1, 0.15) is 6.92 Å². The lowest BCUT2D eigenvalue weighted by atomic mass is 10.7. The Morgan fingerprint density at radius 1 is 1.77 bits per heavy atom. The van der Waals surface area contributed by atoms with Crippen molar-refractivity contribution in [1.29, 1.82) is 0 Å². The van der Waals surface area contributed by atoms with Gasteiger partial charge in [0.05, 0.1) is 0 Å². The molecule has 0 aliphatic rings. The molecule has 0 radical (unpaired) electrons. The highest BCUT2D eigenvalue weighted by molar-refractivity contribution is 7.57. The van der Waals surface area contributed by atoms with Crippen LogP contribution in [0.4, 0.5) is 5.82 Å². The lowest BCUT2D eigenvalue weighted by molar-refractivity contribution is 0.472. The number of nitrogens with two attached hydrogens (primary N) is 1. The minimum absolute atomic E-state index is 0.255. The second kappa shape index (κ2) is 3.94. The molecular weight excluding hydrogens is 189 g/mol. The van der Waals surface area contributed by atoms with Gasteiger partial charge in [0.1, 0.15) is 5.82 Å². The van der Waals surface area contributed by atoms with Crippen LogP contribution >= 0.6 is 7.37 Å². The van der Waals surface area contributed by atoms with E-state index in [2.05, 4.69) is 5.10 Å². The molecule has 0 bridgehead atoms. The van der Waals surface area contributed by atoms with E-state index in [1.807, 2.05) is 0 Å². The maximum Gasteiger partial charge on any atom is 0.202 e. The summed E-state index contributed by atoms with van der Waals surface area (Å²) in [5.74, 6) is 0.435. The summed E-state index contributed by atoms with van der Waals surface area (Å²) in [7, 11) is -2.93. The monoisotopic (exact) mass is 203 g/mol. The topological polar surface area (TPSA) is 81.1 Å². The Balaban J connectivity index is 2.48. The van der Waals surface area contributed by atoms with Crippen LogP contribution in [0.3, 0.4) is 0 Å². The molecule has 1 atom stereocenters. The van der Waals surface area contributed by atoms with Gasteiger partial charge in [0.15, 0.2) is 0 Å². The molecule has 1 heterocycles. The number of hydrogen-bond acceptors (Lipinski definition) is 3. The Morgan fingerprint density at radius 3 is 2.92 bits per heavy atom. The summed E-state index contributed by atoms with van der Waals surface area (Å²) in [6, 6.07) is 1.66. The van der Waals surface area contributed by atoms with Gasteiger partial charge < -0.3 is 10.6 Å². The number of aromatic nitrogens is 2. The van der Waals surface area contributed by atoms with E-state index in [1.165, 1.54) is 0 Å². The fourth-order valence-corrected chi connectivity index (χ4v) is 1.75. The molecule has 74 valence electrons. The lowest BCUT2D eigenvalue weighted by Gasteiger charge is -2.07. The van der Waals surface area contributed by atoms with Gasteiger partial charge in [0, 0.05) is 25.1 Å². The normalized spacial score (nSPS) is 15.5. The van der Waals surface area contributed by atoms with Crippen LogP contribution in [-0.4, -0.2) is 27.0 Å².